The molecule has 0 aliphatic carbocycles. The van der Waals surface area contributed by atoms with Crippen molar-refractivity contribution >= 4 is 34.8 Å². The number of nitrogens with zero attached hydrogens (tertiary/aromatic N) is 3. The molecule has 4 aliphatic rings. The lowest BCUT2D eigenvalue weighted by Crippen LogP contribution is -2.54. The first-order valence-corrected chi connectivity index (χ1v) is 11.8. The quantitative estimate of drug-likeness (QED) is 0.409. The smallest absolute Gasteiger partial charge is 0.271 e. The van der Waals surface area contributed by atoms with Gasteiger partial charge in [-0.25, -0.2) is 4.90 Å². The summed E-state index contributed by atoms with van der Waals surface area (Å²) in [5.41, 5.74) is 0.911. The first-order valence-electron chi connectivity index (χ1n) is 11.8. The minimum Gasteiger partial charge on any atom is -0.495 e. The molecule has 0 radical (unpaired) electrons. The van der Waals surface area contributed by atoms with Crippen molar-refractivity contribution in [1.29, 1.82) is 0 Å². The van der Waals surface area contributed by atoms with E-state index in [2.05, 4.69) is 10.2 Å². The molecule has 2 aromatic carbocycles. The van der Waals surface area contributed by atoms with Gasteiger partial charge >= 0.3 is 0 Å². The fraction of sp³-hybridized carbons (Fsp3) is 0.400. The average Bonchev–Trinajstić information content (AvgIpc) is 3.56. The normalized spacial score (nSPS) is 28.9. The number of carbonyl (C=O) groups is 3. The number of non-ortho nitro benzene ring substituents is 1. The molecular formula is C25H24N4O6. The SMILES string of the molecule is CCc1ccc2c(c1)[C@@]1(C(=O)N2)[C@@H]2C(=O)N(c3cc([N+](=O)[O-])ccc3OC)C(=O)[C@@H]2[C@H]2CCCN21. The van der Waals surface area contributed by atoms with Gasteiger partial charge in [-0.05, 0) is 43.5 Å². The molecule has 3 fully saturated rings. The maximum Gasteiger partial charge on any atom is 0.271 e. The van der Waals surface area contributed by atoms with Crippen LogP contribution in [0.3, 0.4) is 0 Å². The van der Waals surface area contributed by atoms with Crippen LogP contribution in [0.5, 0.6) is 5.75 Å². The molecule has 10 nitrogen and oxygen atoms in total. The standard InChI is InChI=1S/C25H24N4O6/c1-3-13-6-8-16-15(11-13)25(24(32)26-16)21-20(17-5-4-10-27(17)25)22(30)28(23(21)31)18-12-14(29(33)34)7-9-19(18)35-2/h6-9,11-12,17,20-21H,3-5,10H2,1-2H3,(H,26,32)/t17-,20-,21+,25+/m1/s1. The van der Waals surface area contributed by atoms with Crippen molar-refractivity contribution < 1.29 is 24.0 Å². The van der Waals surface area contributed by atoms with Crippen LogP contribution < -0.4 is 15.0 Å². The van der Waals surface area contributed by atoms with Crippen LogP contribution in [-0.4, -0.2) is 47.2 Å². The third kappa shape index (κ3) is 2.60. The molecule has 10 heteroatoms. The van der Waals surface area contributed by atoms with Crippen LogP contribution in [0, 0.1) is 22.0 Å². The highest BCUT2D eigenvalue weighted by Crippen LogP contribution is 2.61. The molecule has 0 bridgehead atoms. The molecule has 1 spiro atoms. The van der Waals surface area contributed by atoms with Gasteiger partial charge in [-0.2, -0.15) is 0 Å². The van der Waals surface area contributed by atoms with E-state index >= 15 is 0 Å². The Morgan fingerprint density at radius 3 is 2.69 bits per heavy atom. The zero-order valence-electron chi connectivity index (χ0n) is 19.3. The van der Waals surface area contributed by atoms with Crippen molar-refractivity contribution in [2.45, 2.75) is 37.8 Å². The third-order valence-electron chi connectivity index (χ3n) is 8.08. The number of imide groups is 1. The Balaban J connectivity index is 1.55. The number of hydrogen-bond acceptors (Lipinski definition) is 7. The predicted molar refractivity (Wildman–Crippen MR) is 125 cm³/mol. The van der Waals surface area contributed by atoms with Gasteiger partial charge in [0, 0.05) is 29.4 Å². The van der Waals surface area contributed by atoms with Gasteiger partial charge in [0.05, 0.1) is 23.9 Å². The number of nitro groups is 1. The van der Waals surface area contributed by atoms with Crippen molar-refractivity contribution in [3.05, 3.63) is 57.6 Å². The van der Waals surface area contributed by atoms with E-state index in [1.54, 1.807) is 0 Å². The molecule has 6 rings (SSSR count). The van der Waals surface area contributed by atoms with E-state index in [1.165, 1.54) is 25.3 Å². The van der Waals surface area contributed by atoms with Gasteiger partial charge in [-0.15, -0.1) is 0 Å². The Morgan fingerprint density at radius 1 is 1.17 bits per heavy atom. The molecule has 3 amide bonds. The summed E-state index contributed by atoms with van der Waals surface area (Å²) in [5.74, 6) is -2.75. The molecule has 35 heavy (non-hydrogen) atoms. The molecule has 0 aromatic heterocycles. The number of amides is 3. The van der Waals surface area contributed by atoms with E-state index < -0.39 is 34.1 Å². The van der Waals surface area contributed by atoms with Gasteiger partial charge in [-0.3, -0.25) is 29.4 Å². The van der Waals surface area contributed by atoms with Crippen LogP contribution in [0.15, 0.2) is 36.4 Å². The maximum absolute atomic E-state index is 14.1. The van der Waals surface area contributed by atoms with Crippen molar-refractivity contribution in [3.63, 3.8) is 0 Å². The summed E-state index contributed by atoms with van der Waals surface area (Å²) < 4.78 is 5.36. The number of nitrogens with one attached hydrogen (secondary N) is 1. The highest BCUT2D eigenvalue weighted by Gasteiger charge is 2.74. The van der Waals surface area contributed by atoms with E-state index in [0.717, 1.165) is 28.9 Å². The van der Waals surface area contributed by atoms with Crippen LogP contribution in [0.1, 0.15) is 30.9 Å². The van der Waals surface area contributed by atoms with Gasteiger partial charge in [0.25, 0.3) is 5.69 Å². The number of aryl methyl sites for hydroxylation is 1. The molecule has 4 atom stereocenters. The number of nitro benzene ring substituents is 1. The number of fused-ring (bicyclic) bond motifs is 7. The largest absolute Gasteiger partial charge is 0.495 e. The number of anilines is 2. The molecule has 180 valence electrons. The maximum atomic E-state index is 14.1. The Hall–Kier alpha value is -3.79. The van der Waals surface area contributed by atoms with Crippen LogP contribution in [0.25, 0.3) is 0 Å². The van der Waals surface area contributed by atoms with Gasteiger partial charge in [-0.1, -0.05) is 19.1 Å². The molecule has 4 aliphatic heterocycles. The second-order valence-electron chi connectivity index (χ2n) is 9.49. The summed E-state index contributed by atoms with van der Waals surface area (Å²) in [6.45, 7) is 2.64. The number of ether oxygens (including phenoxy) is 1. The summed E-state index contributed by atoms with van der Waals surface area (Å²) in [6, 6.07) is 9.35. The van der Waals surface area contributed by atoms with E-state index in [-0.39, 0.29) is 29.1 Å². The predicted octanol–water partition coefficient (Wildman–Crippen LogP) is 2.60. The second kappa shape index (κ2) is 7.35. The van der Waals surface area contributed by atoms with Crippen molar-refractivity contribution in [3.8, 4) is 5.75 Å². The van der Waals surface area contributed by atoms with E-state index in [1.807, 2.05) is 25.1 Å². The highest BCUT2D eigenvalue weighted by atomic mass is 16.6. The number of carbonyl (C=O) groups excluding carboxylic acids is 3. The lowest BCUT2D eigenvalue weighted by atomic mass is 9.75. The third-order valence-corrected chi connectivity index (χ3v) is 8.08. The van der Waals surface area contributed by atoms with E-state index in [0.29, 0.717) is 18.7 Å². The molecule has 1 N–H and O–H groups in total. The first-order chi connectivity index (χ1) is 16.8. The zero-order valence-corrected chi connectivity index (χ0v) is 19.3. The molecular weight excluding hydrogens is 452 g/mol. The highest BCUT2D eigenvalue weighted by molar-refractivity contribution is 6.26. The van der Waals surface area contributed by atoms with Gasteiger partial charge in [0.15, 0.2) is 0 Å². The van der Waals surface area contributed by atoms with Gasteiger partial charge < -0.3 is 10.1 Å². The van der Waals surface area contributed by atoms with Crippen LogP contribution in [0.4, 0.5) is 17.1 Å². The van der Waals surface area contributed by atoms with Crippen LogP contribution in [0.2, 0.25) is 0 Å². The van der Waals surface area contributed by atoms with Crippen LogP contribution >= 0.6 is 0 Å². The molecule has 4 heterocycles. The minimum atomic E-state index is -1.29. The van der Waals surface area contributed by atoms with Crippen LogP contribution in [-0.2, 0) is 26.3 Å². The zero-order chi connectivity index (χ0) is 24.6. The Morgan fingerprint density at radius 2 is 1.97 bits per heavy atom. The molecule has 0 unspecified atom stereocenters. The monoisotopic (exact) mass is 476 g/mol. The van der Waals surface area contributed by atoms with E-state index in [9.17, 15) is 24.5 Å². The minimum absolute atomic E-state index is 0.0340. The fourth-order valence-electron chi connectivity index (χ4n) is 6.67. The first kappa shape index (κ1) is 21.7. The van der Waals surface area contributed by atoms with Crippen molar-refractivity contribution in [1.82, 2.24) is 4.90 Å². The number of methoxy groups -OCH3 is 1. The lowest BCUT2D eigenvalue weighted by Gasteiger charge is -2.36. The lowest BCUT2D eigenvalue weighted by molar-refractivity contribution is -0.384. The topological polar surface area (TPSA) is 122 Å². The average molecular weight is 476 g/mol. The number of hydrogen-bond donors (Lipinski definition) is 1. The van der Waals surface area contributed by atoms with E-state index in [4.69, 9.17) is 4.74 Å². The molecule has 2 aromatic rings. The summed E-state index contributed by atoms with van der Waals surface area (Å²) >= 11 is 0. The molecule has 0 saturated carbocycles. The summed E-state index contributed by atoms with van der Waals surface area (Å²) in [4.78, 5) is 55.7. The fourth-order valence-corrected chi connectivity index (χ4v) is 6.67. The van der Waals surface area contributed by atoms with Crippen molar-refractivity contribution in [2.75, 3.05) is 23.9 Å². The van der Waals surface area contributed by atoms with Gasteiger partial charge in [0.2, 0.25) is 17.7 Å². The second-order valence-corrected chi connectivity index (χ2v) is 9.49. The summed E-state index contributed by atoms with van der Waals surface area (Å²) in [7, 11) is 1.38. The van der Waals surface area contributed by atoms with Gasteiger partial charge in [0.1, 0.15) is 17.0 Å². The number of benzene rings is 2. The molecule has 3 saturated heterocycles. The number of rotatable bonds is 4. The Bertz CT molecular complexity index is 1330. The Kier molecular flexibility index (Phi) is 4.56. The van der Waals surface area contributed by atoms with Crippen molar-refractivity contribution in [2.24, 2.45) is 11.8 Å². The summed E-state index contributed by atoms with van der Waals surface area (Å²) in [5, 5.41) is 14.4. The Labute approximate surface area is 201 Å². The summed E-state index contributed by atoms with van der Waals surface area (Å²) in [6.07, 6.45) is 2.27.